The van der Waals surface area contributed by atoms with Crippen LogP contribution in [0.3, 0.4) is 0 Å². The summed E-state index contributed by atoms with van der Waals surface area (Å²) in [4.78, 5) is 26.7. The molecule has 5 rings (SSSR count). The van der Waals surface area contributed by atoms with E-state index in [1.54, 1.807) is 30.3 Å². The predicted octanol–water partition coefficient (Wildman–Crippen LogP) is 6.66. The van der Waals surface area contributed by atoms with Crippen LogP contribution in [0.4, 0.5) is 10.5 Å². The Balaban J connectivity index is 1.29. The molecular weight excluding hydrogens is 418 g/mol. The maximum Gasteiger partial charge on any atom is 0.298 e. The van der Waals surface area contributed by atoms with Crippen LogP contribution in [0.5, 0.6) is 5.75 Å². The molecule has 32 heavy (non-hydrogen) atoms. The maximum absolute atomic E-state index is 12.7. The molecule has 4 aromatic carbocycles. The number of carbonyl (C=O) groups is 2. The molecule has 0 radical (unpaired) electrons. The first-order chi connectivity index (χ1) is 15.7. The molecule has 156 valence electrons. The molecule has 1 aliphatic rings. The summed E-state index contributed by atoms with van der Waals surface area (Å²) < 4.78 is 5.98. The lowest BCUT2D eigenvalue weighted by Gasteiger charge is -2.11. The number of nitrogens with zero attached hydrogens (tertiary/aromatic N) is 1. The van der Waals surface area contributed by atoms with E-state index >= 15 is 0 Å². The largest absolute Gasteiger partial charge is 0.489 e. The lowest BCUT2D eigenvalue weighted by Crippen LogP contribution is -2.27. The van der Waals surface area contributed by atoms with Crippen molar-refractivity contribution in [3.8, 4) is 5.75 Å². The maximum atomic E-state index is 12.7. The Morgan fingerprint density at radius 3 is 2.31 bits per heavy atom. The molecule has 0 unspecified atom stereocenters. The summed E-state index contributed by atoms with van der Waals surface area (Å²) in [5.41, 5.74) is 2.54. The van der Waals surface area contributed by atoms with Gasteiger partial charge < -0.3 is 4.74 Å². The van der Waals surface area contributed by atoms with Gasteiger partial charge in [0.1, 0.15) is 12.4 Å². The smallest absolute Gasteiger partial charge is 0.298 e. The van der Waals surface area contributed by atoms with Crippen LogP contribution < -0.4 is 9.64 Å². The molecule has 2 amide bonds. The molecule has 1 fully saturated rings. The number of imide groups is 1. The Hall–Kier alpha value is -3.83. The zero-order valence-corrected chi connectivity index (χ0v) is 17.9. The van der Waals surface area contributed by atoms with E-state index in [9.17, 15) is 9.59 Å². The quantitative estimate of drug-likeness (QED) is 0.328. The Kier molecular flexibility index (Phi) is 5.48. The van der Waals surface area contributed by atoms with E-state index in [1.165, 1.54) is 15.7 Å². The van der Waals surface area contributed by atoms with Crippen LogP contribution >= 0.6 is 11.8 Å². The number of amides is 2. The SMILES string of the molecule is O=C1S/C(=C\c2ccc(OCc3cccc4ccccc34)cc2)C(=O)N1c1ccccc1. The van der Waals surface area contributed by atoms with Crippen molar-refractivity contribution in [1.29, 1.82) is 0 Å². The number of thioether (sulfide) groups is 1. The van der Waals surface area contributed by atoms with E-state index in [0.717, 1.165) is 28.6 Å². The first kappa shape index (κ1) is 20.1. The number of fused-ring (bicyclic) bond motifs is 1. The fourth-order valence-corrected chi connectivity index (χ4v) is 4.50. The van der Waals surface area contributed by atoms with Gasteiger partial charge in [0, 0.05) is 0 Å². The van der Waals surface area contributed by atoms with Crippen molar-refractivity contribution in [3.63, 3.8) is 0 Å². The molecule has 1 aliphatic heterocycles. The van der Waals surface area contributed by atoms with Crippen LogP contribution in [0.15, 0.2) is 102 Å². The van der Waals surface area contributed by atoms with Crippen LogP contribution in [-0.2, 0) is 11.4 Å². The van der Waals surface area contributed by atoms with Crippen molar-refractivity contribution in [2.45, 2.75) is 6.61 Å². The number of benzene rings is 4. The molecule has 0 aromatic heterocycles. The summed E-state index contributed by atoms with van der Waals surface area (Å²) in [6.45, 7) is 0.469. The molecule has 0 spiro atoms. The minimum atomic E-state index is -0.303. The number of ether oxygens (including phenoxy) is 1. The summed E-state index contributed by atoms with van der Waals surface area (Å²) >= 11 is 0.952. The van der Waals surface area contributed by atoms with Crippen LogP contribution in [0, 0.1) is 0 Å². The number of para-hydroxylation sites is 1. The molecule has 0 N–H and O–H groups in total. The Bertz CT molecular complexity index is 1320. The molecule has 4 nitrogen and oxygen atoms in total. The minimum absolute atomic E-state index is 0.289. The highest BCUT2D eigenvalue weighted by atomic mass is 32.2. The van der Waals surface area contributed by atoms with Gasteiger partial charge in [-0.05, 0) is 64.0 Å². The summed E-state index contributed by atoms with van der Waals surface area (Å²) in [6.07, 6.45) is 1.74. The molecule has 0 aliphatic carbocycles. The molecule has 0 saturated carbocycles. The highest BCUT2D eigenvalue weighted by Crippen LogP contribution is 2.35. The monoisotopic (exact) mass is 437 g/mol. The van der Waals surface area contributed by atoms with Gasteiger partial charge in [-0.25, -0.2) is 4.90 Å². The van der Waals surface area contributed by atoms with E-state index in [0.29, 0.717) is 17.2 Å². The Morgan fingerprint density at radius 2 is 1.50 bits per heavy atom. The molecular formula is C27H19NO3S. The molecule has 0 atom stereocenters. The first-order valence-corrected chi connectivity index (χ1v) is 11.0. The summed E-state index contributed by atoms with van der Waals surface area (Å²) in [6, 6.07) is 30.9. The fraction of sp³-hybridized carbons (Fsp3) is 0.0370. The normalized spacial score (nSPS) is 15.0. The lowest BCUT2D eigenvalue weighted by atomic mass is 10.1. The predicted molar refractivity (Wildman–Crippen MR) is 130 cm³/mol. The topological polar surface area (TPSA) is 46.6 Å². The molecule has 1 heterocycles. The number of hydrogen-bond acceptors (Lipinski definition) is 4. The van der Waals surface area contributed by atoms with E-state index in [-0.39, 0.29) is 11.1 Å². The second-order valence-corrected chi connectivity index (χ2v) is 8.34. The molecule has 0 bridgehead atoms. The third-order valence-corrected chi connectivity index (χ3v) is 6.13. The number of anilines is 1. The van der Waals surface area contributed by atoms with Gasteiger partial charge in [-0.1, -0.05) is 72.8 Å². The summed E-state index contributed by atoms with van der Waals surface area (Å²) in [5, 5.41) is 2.08. The summed E-state index contributed by atoms with van der Waals surface area (Å²) in [5.74, 6) is 0.440. The first-order valence-electron chi connectivity index (χ1n) is 10.2. The zero-order valence-electron chi connectivity index (χ0n) is 17.1. The number of hydrogen-bond donors (Lipinski definition) is 0. The molecule has 4 aromatic rings. The summed E-state index contributed by atoms with van der Waals surface area (Å²) in [7, 11) is 0. The fourth-order valence-electron chi connectivity index (χ4n) is 3.66. The third-order valence-electron chi connectivity index (χ3n) is 5.26. The Labute approximate surface area is 190 Å². The van der Waals surface area contributed by atoms with Gasteiger partial charge in [0.2, 0.25) is 0 Å². The standard InChI is InChI=1S/C27H19NO3S/c29-26-25(32-27(30)28(26)22-10-2-1-3-11-22)17-19-13-15-23(16-14-19)31-18-21-9-6-8-20-7-4-5-12-24(20)21/h1-17H,18H2/b25-17-. The van der Waals surface area contributed by atoms with Crippen LogP contribution in [0.2, 0.25) is 0 Å². The van der Waals surface area contributed by atoms with Crippen molar-refractivity contribution in [2.24, 2.45) is 0 Å². The van der Waals surface area contributed by atoms with Crippen LogP contribution in [0.25, 0.3) is 16.8 Å². The number of carbonyl (C=O) groups excluding carboxylic acids is 2. The van der Waals surface area contributed by atoms with Gasteiger partial charge in [-0.15, -0.1) is 0 Å². The lowest BCUT2D eigenvalue weighted by molar-refractivity contribution is -0.113. The van der Waals surface area contributed by atoms with Crippen molar-refractivity contribution in [2.75, 3.05) is 4.90 Å². The van der Waals surface area contributed by atoms with Gasteiger partial charge in [-0.3, -0.25) is 9.59 Å². The van der Waals surface area contributed by atoms with E-state index < -0.39 is 0 Å². The van der Waals surface area contributed by atoms with Crippen molar-refractivity contribution < 1.29 is 14.3 Å². The highest BCUT2D eigenvalue weighted by Gasteiger charge is 2.36. The molecule has 1 saturated heterocycles. The van der Waals surface area contributed by atoms with E-state index in [1.807, 2.05) is 48.5 Å². The zero-order chi connectivity index (χ0) is 21.9. The van der Waals surface area contributed by atoms with E-state index in [4.69, 9.17) is 4.74 Å². The third kappa shape index (κ3) is 4.03. The van der Waals surface area contributed by atoms with Gasteiger partial charge in [-0.2, -0.15) is 0 Å². The minimum Gasteiger partial charge on any atom is -0.489 e. The number of rotatable bonds is 5. The van der Waals surface area contributed by atoms with Gasteiger partial charge in [0.15, 0.2) is 0 Å². The van der Waals surface area contributed by atoms with Crippen LogP contribution in [-0.4, -0.2) is 11.1 Å². The molecule has 5 heteroatoms. The van der Waals surface area contributed by atoms with Gasteiger partial charge >= 0.3 is 0 Å². The second-order valence-electron chi connectivity index (χ2n) is 7.35. The van der Waals surface area contributed by atoms with Gasteiger partial charge in [0.05, 0.1) is 10.6 Å². The van der Waals surface area contributed by atoms with Crippen molar-refractivity contribution in [3.05, 3.63) is 113 Å². The second kappa shape index (κ2) is 8.73. The Morgan fingerprint density at radius 1 is 0.781 bits per heavy atom. The van der Waals surface area contributed by atoms with Gasteiger partial charge in [0.25, 0.3) is 11.1 Å². The van der Waals surface area contributed by atoms with Crippen molar-refractivity contribution >= 4 is 45.4 Å². The van der Waals surface area contributed by atoms with Crippen molar-refractivity contribution in [1.82, 2.24) is 0 Å². The van der Waals surface area contributed by atoms with E-state index in [2.05, 4.69) is 24.3 Å². The average Bonchev–Trinajstić information content (AvgIpc) is 3.11. The highest BCUT2D eigenvalue weighted by molar-refractivity contribution is 8.19. The average molecular weight is 438 g/mol. The van der Waals surface area contributed by atoms with Crippen LogP contribution in [0.1, 0.15) is 11.1 Å².